The summed E-state index contributed by atoms with van der Waals surface area (Å²) in [7, 11) is 1.33. The van der Waals surface area contributed by atoms with E-state index in [-0.39, 0.29) is 5.82 Å². The summed E-state index contributed by atoms with van der Waals surface area (Å²) in [5.74, 6) is -0.305. The van der Waals surface area contributed by atoms with Crippen LogP contribution in [-0.4, -0.2) is 18.1 Å². The fourth-order valence-electron chi connectivity index (χ4n) is 2.19. The number of pyridine rings is 1. The molecule has 0 saturated heterocycles. The summed E-state index contributed by atoms with van der Waals surface area (Å²) < 4.78 is 4.82. The van der Waals surface area contributed by atoms with Gasteiger partial charge in [-0.3, -0.25) is 0 Å². The van der Waals surface area contributed by atoms with Crippen LogP contribution in [0.5, 0.6) is 0 Å². The molecule has 2 rings (SSSR count). The standard InChI is InChI=1S/C17H18N2O2/c1-4-13-10-19-16(18)15(17(20)21-3)14(13)9-12-7-5-11(2)6-8-12/h4-8,10H,1,9H2,2-3H3,(H2,18,19). The van der Waals surface area contributed by atoms with Crippen molar-refractivity contribution >= 4 is 17.9 Å². The lowest BCUT2D eigenvalue weighted by Gasteiger charge is -2.13. The number of rotatable bonds is 4. The van der Waals surface area contributed by atoms with Crippen molar-refractivity contribution in [3.8, 4) is 0 Å². The normalized spacial score (nSPS) is 10.2. The van der Waals surface area contributed by atoms with Crippen LogP contribution < -0.4 is 5.73 Å². The van der Waals surface area contributed by atoms with Gasteiger partial charge in [-0.05, 0) is 30.0 Å². The second-order valence-electron chi connectivity index (χ2n) is 4.81. The van der Waals surface area contributed by atoms with E-state index in [9.17, 15) is 4.79 Å². The minimum Gasteiger partial charge on any atom is -0.465 e. The van der Waals surface area contributed by atoms with Gasteiger partial charge in [-0.25, -0.2) is 9.78 Å². The van der Waals surface area contributed by atoms with Crippen LogP contribution in [0.25, 0.3) is 6.08 Å². The number of ether oxygens (including phenoxy) is 1. The van der Waals surface area contributed by atoms with Crippen molar-refractivity contribution in [1.29, 1.82) is 0 Å². The van der Waals surface area contributed by atoms with Gasteiger partial charge in [-0.1, -0.05) is 42.5 Å². The average Bonchev–Trinajstić information content (AvgIpc) is 2.49. The van der Waals surface area contributed by atoms with E-state index in [0.29, 0.717) is 12.0 Å². The lowest BCUT2D eigenvalue weighted by molar-refractivity contribution is 0.0600. The first-order valence-electron chi connectivity index (χ1n) is 6.60. The molecule has 0 atom stereocenters. The fourth-order valence-corrected chi connectivity index (χ4v) is 2.19. The molecule has 0 radical (unpaired) electrons. The van der Waals surface area contributed by atoms with Crippen molar-refractivity contribution in [2.45, 2.75) is 13.3 Å². The van der Waals surface area contributed by atoms with Gasteiger partial charge in [-0.2, -0.15) is 0 Å². The van der Waals surface area contributed by atoms with Gasteiger partial charge in [0, 0.05) is 6.20 Å². The Labute approximate surface area is 124 Å². The molecule has 4 heteroatoms. The molecule has 0 aliphatic heterocycles. The van der Waals surface area contributed by atoms with E-state index in [2.05, 4.69) is 11.6 Å². The van der Waals surface area contributed by atoms with Gasteiger partial charge in [0.2, 0.25) is 0 Å². The van der Waals surface area contributed by atoms with E-state index in [0.717, 1.165) is 16.7 Å². The van der Waals surface area contributed by atoms with Crippen LogP contribution in [0.4, 0.5) is 5.82 Å². The summed E-state index contributed by atoms with van der Waals surface area (Å²) in [6, 6.07) is 8.12. The third-order valence-corrected chi connectivity index (χ3v) is 3.36. The Morgan fingerprint density at radius 1 is 1.38 bits per heavy atom. The second kappa shape index (κ2) is 6.22. The van der Waals surface area contributed by atoms with Crippen molar-refractivity contribution in [1.82, 2.24) is 4.98 Å². The Hall–Kier alpha value is -2.62. The minimum absolute atomic E-state index is 0.176. The predicted octanol–water partition coefficient (Wildman–Crippen LogP) is 2.99. The summed E-state index contributed by atoms with van der Waals surface area (Å²) >= 11 is 0. The number of nitrogens with zero attached hydrogens (tertiary/aromatic N) is 1. The molecule has 0 bridgehead atoms. The summed E-state index contributed by atoms with van der Waals surface area (Å²) in [6.07, 6.45) is 3.86. The molecule has 2 N–H and O–H groups in total. The third-order valence-electron chi connectivity index (χ3n) is 3.36. The first-order valence-corrected chi connectivity index (χ1v) is 6.60. The van der Waals surface area contributed by atoms with Crippen LogP contribution in [0.2, 0.25) is 0 Å². The predicted molar refractivity (Wildman–Crippen MR) is 84.1 cm³/mol. The van der Waals surface area contributed by atoms with Gasteiger partial charge >= 0.3 is 5.97 Å². The Balaban J connectivity index is 2.54. The maximum absolute atomic E-state index is 12.0. The molecule has 21 heavy (non-hydrogen) atoms. The van der Waals surface area contributed by atoms with Crippen molar-refractivity contribution in [3.05, 3.63) is 64.9 Å². The number of carbonyl (C=O) groups is 1. The van der Waals surface area contributed by atoms with Crippen LogP contribution in [0, 0.1) is 6.92 Å². The first-order chi connectivity index (χ1) is 10.1. The lowest BCUT2D eigenvalue weighted by Crippen LogP contribution is -2.13. The number of nitrogen functional groups attached to an aromatic ring is 1. The van der Waals surface area contributed by atoms with E-state index in [1.165, 1.54) is 12.7 Å². The van der Waals surface area contributed by atoms with Gasteiger partial charge in [0.25, 0.3) is 0 Å². The topological polar surface area (TPSA) is 65.2 Å². The van der Waals surface area contributed by atoms with Crippen molar-refractivity contribution in [2.75, 3.05) is 12.8 Å². The molecule has 0 unspecified atom stereocenters. The number of carbonyl (C=O) groups excluding carboxylic acids is 1. The summed E-state index contributed by atoms with van der Waals surface area (Å²) in [5.41, 5.74) is 10.0. The van der Waals surface area contributed by atoms with Crippen molar-refractivity contribution in [2.24, 2.45) is 0 Å². The molecule has 0 aliphatic carbocycles. The highest BCUT2D eigenvalue weighted by Gasteiger charge is 2.19. The van der Waals surface area contributed by atoms with Crippen LogP contribution in [0.15, 0.2) is 37.0 Å². The van der Waals surface area contributed by atoms with Gasteiger partial charge in [0.1, 0.15) is 11.4 Å². The number of hydrogen-bond acceptors (Lipinski definition) is 4. The second-order valence-corrected chi connectivity index (χ2v) is 4.81. The zero-order chi connectivity index (χ0) is 15.4. The number of anilines is 1. The van der Waals surface area contributed by atoms with Gasteiger partial charge in [-0.15, -0.1) is 0 Å². The molecule has 0 spiro atoms. The smallest absolute Gasteiger partial charge is 0.341 e. The Morgan fingerprint density at radius 2 is 2.05 bits per heavy atom. The number of aromatic nitrogens is 1. The van der Waals surface area contributed by atoms with Crippen molar-refractivity contribution in [3.63, 3.8) is 0 Å². The Kier molecular flexibility index (Phi) is 4.38. The highest BCUT2D eigenvalue weighted by molar-refractivity contribution is 5.96. The Bertz CT molecular complexity index is 676. The maximum atomic E-state index is 12.0. The first kappa shape index (κ1) is 14.8. The fraction of sp³-hybridized carbons (Fsp3) is 0.176. The van der Waals surface area contributed by atoms with Crippen LogP contribution in [-0.2, 0) is 11.2 Å². The number of nitrogens with two attached hydrogens (primary N) is 1. The molecule has 1 aromatic carbocycles. The van der Waals surface area contributed by atoms with Crippen LogP contribution in [0.1, 0.15) is 32.6 Å². The highest BCUT2D eigenvalue weighted by Crippen LogP contribution is 2.24. The number of hydrogen-bond donors (Lipinski definition) is 1. The zero-order valence-electron chi connectivity index (χ0n) is 12.2. The van der Waals surface area contributed by atoms with Gasteiger partial charge in [0.05, 0.1) is 7.11 Å². The van der Waals surface area contributed by atoms with E-state index < -0.39 is 5.97 Å². The monoisotopic (exact) mass is 282 g/mol. The average molecular weight is 282 g/mol. The Morgan fingerprint density at radius 3 is 2.62 bits per heavy atom. The van der Waals surface area contributed by atoms with Gasteiger partial charge in [0.15, 0.2) is 0 Å². The molecule has 0 amide bonds. The van der Waals surface area contributed by atoms with E-state index in [1.807, 2.05) is 31.2 Å². The maximum Gasteiger partial charge on any atom is 0.341 e. The number of benzene rings is 1. The number of aryl methyl sites for hydroxylation is 1. The molecule has 1 heterocycles. The number of methoxy groups -OCH3 is 1. The van der Waals surface area contributed by atoms with Gasteiger partial charge < -0.3 is 10.5 Å². The zero-order valence-corrected chi connectivity index (χ0v) is 12.2. The molecule has 0 fully saturated rings. The molecule has 4 nitrogen and oxygen atoms in total. The van der Waals surface area contributed by atoms with Crippen LogP contribution in [0.3, 0.4) is 0 Å². The highest BCUT2D eigenvalue weighted by atomic mass is 16.5. The SMILES string of the molecule is C=Cc1cnc(N)c(C(=O)OC)c1Cc1ccc(C)cc1. The molecule has 0 aliphatic rings. The molecule has 1 aromatic heterocycles. The lowest BCUT2D eigenvalue weighted by atomic mass is 9.95. The van der Waals surface area contributed by atoms with E-state index >= 15 is 0 Å². The quantitative estimate of drug-likeness (QED) is 0.875. The summed E-state index contributed by atoms with van der Waals surface area (Å²) in [6.45, 7) is 5.80. The minimum atomic E-state index is -0.481. The molecule has 108 valence electrons. The molecular weight excluding hydrogens is 264 g/mol. The molecular formula is C17H18N2O2. The van der Waals surface area contributed by atoms with E-state index in [1.54, 1.807) is 12.3 Å². The molecule has 0 saturated carbocycles. The van der Waals surface area contributed by atoms with Crippen molar-refractivity contribution < 1.29 is 9.53 Å². The summed E-state index contributed by atoms with van der Waals surface area (Å²) in [5, 5.41) is 0. The largest absolute Gasteiger partial charge is 0.465 e. The number of esters is 1. The van der Waals surface area contributed by atoms with E-state index in [4.69, 9.17) is 10.5 Å². The third kappa shape index (κ3) is 3.11. The van der Waals surface area contributed by atoms with Crippen LogP contribution >= 0.6 is 0 Å². The molecule has 2 aromatic rings. The summed E-state index contributed by atoms with van der Waals surface area (Å²) in [4.78, 5) is 16.0.